The number of hydrogen-bond donors (Lipinski definition) is 2. The molecule has 0 atom stereocenters. The van der Waals surface area contributed by atoms with Gasteiger partial charge in [-0.15, -0.1) is 22.7 Å². The minimum Gasteiger partial charge on any atom is -0.366 e. The summed E-state index contributed by atoms with van der Waals surface area (Å²) in [6, 6.07) is 3.34. The molecule has 0 bridgehead atoms. The molecule has 3 rings (SSSR count). The molecule has 3 aromatic rings. The van der Waals surface area contributed by atoms with Crippen LogP contribution in [0.5, 0.6) is 0 Å². The number of fused-ring (bicyclic) bond motifs is 1. The zero-order valence-corrected chi connectivity index (χ0v) is 14.9. The Kier molecular flexibility index (Phi) is 4.69. The summed E-state index contributed by atoms with van der Waals surface area (Å²) in [6.45, 7) is 0. The zero-order valence-electron chi connectivity index (χ0n) is 12.4. The van der Waals surface area contributed by atoms with Gasteiger partial charge in [-0.2, -0.15) is 0 Å². The van der Waals surface area contributed by atoms with E-state index in [2.05, 4.69) is 10.3 Å². The number of anilines is 1. The largest absolute Gasteiger partial charge is 0.366 e. The Balaban J connectivity index is 1.73. The second-order valence-corrected chi connectivity index (χ2v) is 7.53. The predicted molar refractivity (Wildman–Crippen MR) is 97.1 cm³/mol. The van der Waals surface area contributed by atoms with Gasteiger partial charge in [-0.25, -0.2) is 4.98 Å². The highest BCUT2D eigenvalue weighted by Gasteiger charge is 2.15. The van der Waals surface area contributed by atoms with E-state index in [9.17, 15) is 14.4 Å². The average molecular weight is 380 g/mol. The molecule has 2 amide bonds. The summed E-state index contributed by atoms with van der Waals surface area (Å²) in [4.78, 5) is 39.9. The Hall–Kier alpha value is -2.17. The minimum absolute atomic E-state index is 0.0615. The van der Waals surface area contributed by atoms with E-state index in [0.717, 1.165) is 11.8 Å². The number of primary amides is 1. The lowest BCUT2D eigenvalue weighted by Gasteiger charge is -2.07. The van der Waals surface area contributed by atoms with Crippen molar-refractivity contribution in [2.45, 2.75) is 5.16 Å². The highest BCUT2D eigenvalue weighted by atomic mass is 32.2. The van der Waals surface area contributed by atoms with E-state index in [1.807, 2.05) is 5.38 Å². The molecule has 0 fully saturated rings. The van der Waals surface area contributed by atoms with Gasteiger partial charge in [0.25, 0.3) is 11.5 Å². The highest BCUT2D eigenvalue weighted by molar-refractivity contribution is 7.99. The van der Waals surface area contributed by atoms with Crippen LogP contribution in [0.2, 0.25) is 0 Å². The van der Waals surface area contributed by atoms with Crippen molar-refractivity contribution in [3.8, 4) is 0 Å². The van der Waals surface area contributed by atoms with E-state index in [1.165, 1.54) is 27.2 Å². The number of nitrogens with zero attached hydrogens (tertiary/aromatic N) is 2. The molecule has 0 saturated carbocycles. The maximum Gasteiger partial charge on any atom is 0.271 e. The first kappa shape index (κ1) is 16.7. The van der Waals surface area contributed by atoms with Gasteiger partial charge < -0.3 is 11.1 Å². The number of thiophene rings is 2. The second kappa shape index (κ2) is 6.75. The van der Waals surface area contributed by atoms with Crippen molar-refractivity contribution in [1.29, 1.82) is 0 Å². The molecule has 0 saturated heterocycles. The lowest BCUT2D eigenvalue weighted by molar-refractivity contribution is -0.113. The van der Waals surface area contributed by atoms with E-state index < -0.39 is 5.91 Å². The van der Waals surface area contributed by atoms with Crippen molar-refractivity contribution in [2.24, 2.45) is 12.8 Å². The van der Waals surface area contributed by atoms with Gasteiger partial charge in [-0.1, -0.05) is 11.8 Å². The molecule has 0 aliphatic rings. The molecule has 3 aromatic heterocycles. The van der Waals surface area contributed by atoms with E-state index in [4.69, 9.17) is 5.73 Å². The lowest BCUT2D eigenvalue weighted by atomic mass is 10.3. The van der Waals surface area contributed by atoms with E-state index >= 15 is 0 Å². The van der Waals surface area contributed by atoms with E-state index in [-0.39, 0.29) is 22.8 Å². The summed E-state index contributed by atoms with van der Waals surface area (Å²) in [7, 11) is 1.62. The molecule has 0 spiro atoms. The summed E-state index contributed by atoms with van der Waals surface area (Å²) in [5.74, 6) is -0.831. The third-order valence-electron chi connectivity index (χ3n) is 3.16. The second-order valence-electron chi connectivity index (χ2n) is 4.76. The average Bonchev–Trinajstić information content (AvgIpc) is 3.18. The van der Waals surface area contributed by atoms with Gasteiger partial charge in [0.15, 0.2) is 5.16 Å². The minimum atomic E-state index is -0.592. The van der Waals surface area contributed by atoms with Gasteiger partial charge in [0, 0.05) is 7.05 Å². The number of nitrogens with two attached hydrogens (primary N) is 1. The van der Waals surface area contributed by atoms with Crippen LogP contribution in [0.3, 0.4) is 0 Å². The third-order valence-corrected chi connectivity index (χ3v) is 5.91. The topological polar surface area (TPSA) is 107 Å². The van der Waals surface area contributed by atoms with Crippen LogP contribution in [0.25, 0.3) is 10.2 Å². The molecular weight excluding hydrogens is 368 g/mol. The Morgan fingerprint density at radius 1 is 1.33 bits per heavy atom. The highest BCUT2D eigenvalue weighted by Crippen LogP contribution is 2.24. The summed E-state index contributed by atoms with van der Waals surface area (Å²) in [6.07, 6.45) is 0. The molecule has 0 aliphatic heterocycles. The summed E-state index contributed by atoms with van der Waals surface area (Å²) < 4.78 is 2.02. The molecule has 10 heteroatoms. The van der Waals surface area contributed by atoms with Gasteiger partial charge in [-0.05, 0) is 22.9 Å². The Morgan fingerprint density at radius 3 is 2.83 bits per heavy atom. The zero-order chi connectivity index (χ0) is 17.3. The van der Waals surface area contributed by atoms with Gasteiger partial charge in [-0.3, -0.25) is 19.0 Å². The van der Waals surface area contributed by atoms with Gasteiger partial charge >= 0.3 is 0 Å². The number of thioether (sulfide) groups is 1. The molecule has 24 heavy (non-hydrogen) atoms. The quantitative estimate of drug-likeness (QED) is 0.519. The Bertz CT molecular complexity index is 989. The number of hydrogen-bond acceptors (Lipinski definition) is 7. The lowest BCUT2D eigenvalue weighted by Crippen LogP contribution is -2.21. The normalized spacial score (nSPS) is 10.9. The summed E-state index contributed by atoms with van der Waals surface area (Å²) in [5.41, 5.74) is 6.02. The van der Waals surface area contributed by atoms with Crippen LogP contribution in [0.4, 0.5) is 5.00 Å². The van der Waals surface area contributed by atoms with Crippen molar-refractivity contribution < 1.29 is 9.59 Å². The number of rotatable bonds is 5. The van der Waals surface area contributed by atoms with Crippen molar-refractivity contribution in [3.05, 3.63) is 38.8 Å². The molecule has 3 heterocycles. The maximum absolute atomic E-state index is 12.2. The third kappa shape index (κ3) is 3.21. The van der Waals surface area contributed by atoms with Crippen molar-refractivity contribution in [3.63, 3.8) is 0 Å². The molecule has 0 radical (unpaired) electrons. The van der Waals surface area contributed by atoms with Crippen molar-refractivity contribution in [1.82, 2.24) is 9.55 Å². The van der Waals surface area contributed by atoms with Gasteiger partial charge in [0.05, 0.1) is 16.8 Å². The smallest absolute Gasteiger partial charge is 0.271 e. The van der Waals surface area contributed by atoms with E-state index in [0.29, 0.717) is 20.4 Å². The molecule has 0 unspecified atom stereocenters. The molecule has 3 N–H and O–H groups in total. The van der Waals surface area contributed by atoms with Crippen LogP contribution in [0.15, 0.2) is 32.8 Å². The Labute approximate surface area is 148 Å². The van der Waals surface area contributed by atoms with Crippen LogP contribution in [0.1, 0.15) is 10.4 Å². The maximum atomic E-state index is 12.2. The SMILES string of the molecule is Cn1c(SCC(=O)Nc2sccc2C(N)=O)nc2ccsc2c1=O. The molecule has 0 aliphatic carbocycles. The first-order chi connectivity index (χ1) is 11.5. The van der Waals surface area contributed by atoms with Crippen molar-refractivity contribution >= 4 is 61.5 Å². The first-order valence-electron chi connectivity index (χ1n) is 6.71. The predicted octanol–water partition coefficient (Wildman–Crippen LogP) is 1.89. The molecular formula is C14H12N4O3S3. The van der Waals surface area contributed by atoms with Crippen LogP contribution < -0.4 is 16.6 Å². The fourth-order valence-corrected chi connectivity index (χ4v) is 4.38. The fourth-order valence-electron chi connectivity index (χ4n) is 1.99. The Morgan fingerprint density at radius 2 is 2.08 bits per heavy atom. The monoisotopic (exact) mass is 380 g/mol. The fraction of sp³-hybridized carbons (Fsp3) is 0.143. The van der Waals surface area contributed by atoms with E-state index in [1.54, 1.807) is 24.6 Å². The van der Waals surface area contributed by atoms with Crippen LogP contribution in [0, 0.1) is 0 Å². The van der Waals surface area contributed by atoms with Crippen LogP contribution >= 0.6 is 34.4 Å². The first-order valence-corrected chi connectivity index (χ1v) is 9.46. The number of aromatic nitrogens is 2. The number of carbonyl (C=O) groups is 2. The molecule has 7 nitrogen and oxygen atoms in total. The number of amides is 2. The molecule has 0 aromatic carbocycles. The number of carbonyl (C=O) groups excluding carboxylic acids is 2. The van der Waals surface area contributed by atoms with Gasteiger partial charge in [0.2, 0.25) is 5.91 Å². The number of nitrogens with one attached hydrogen (secondary N) is 1. The van der Waals surface area contributed by atoms with Crippen molar-refractivity contribution in [2.75, 3.05) is 11.1 Å². The van der Waals surface area contributed by atoms with Crippen LogP contribution in [-0.4, -0.2) is 27.1 Å². The van der Waals surface area contributed by atoms with Gasteiger partial charge in [0.1, 0.15) is 9.70 Å². The van der Waals surface area contributed by atoms with Crippen LogP contribution in [-0.2, 0) is 11.8 Å². The molecule has 124 valence electrons. The summed E-state index contributed by atoms with van der Waals surface area (Å²) in [5, 5.41) is 7.02. The summed E-state index contributed by atoms with van der Waals surface area (Å²) >= 11 is 3.72. The standard InChI is InChI=1S/C14H12N4O3S3/c1-18-13(21)10-8(3-5-22-10)16-14(18)24-6-9(19)17-12-7(11(15)20)2-4-23-12/h2-5H,6H2,1H3,(H2,15,20)(H,17,19).